The highest BCUT2D eigenvalue weighted by Crippen LogP contribution is 2.42. The van der Waals surface area contributed by atoms with Gasteiger partial charge in [0.1, 0.15) is 5.82 Å². The summed E-state index contributed by atoms with van der Waals surface area (Å²) in [7, 11) is 0. The third kappa shape index (κ3) is 2.92. The molecule has 118 valence electrons. The molecule has 0 saturated heterocycles. The Kier molecular flexibility index (Phi) is 4.04. The molecule has 2 aromatic rings. The third-order valence-electron chi connectivity index (χ3n) is 3.49. The predicted molar refractivity (Wildman–Crippen MR) is 89.4 cm³/mol. The molecule has 2 amide bonds. The molecule has 2 N–H and O–H groups in total. The van der Waals surface area contributed by atoms with Crippen LogP contribution in [-0.4, -0.2) is 16.6 Å². The van der Waals surface area contributed by atoms with E-state index in [2.05, 4.69) is 10.6 Å². The summed E-state index contributed by atoms with van der Waals surface area (Å²) in [5.74, 6) is -1.49. The number of thioether (sulfide) groups is 1. The number of amides is 2. The van der Waals surface area contributed by atoms with Crippen molar-refractivity contribution in [1.29, 1.82) is 0 Å². The zero-order valence-electron chi connectivity index (χ0n) is 12.0. The van der Waals surface area contributed by atoms with E-state index < -0.39 is 22.4 Å². The van der Waals surface area contributed by atoms with E-state index in [0.29, 0.717) is 11.4 Å². The van der Waals surface area contributed by atoms with Gasteiger partial charge >= 0.3 is 0 Å². The second kappa shape index (κ2) is 5.86. The van der Waals surface area contributed by atoms with Crippen molar-refractivity contribution in [3.63, 3.8) is 0 Å². The molecular weight excluding hydrogens is 339 g/mol. The second-order valence-corrected chi connectivity index (χ2v) is 7.04. The smallest absolute Gasteiger partial charge is 0.250 e. The van der Waals surface area contributed by atoms with E-state index >= 15 is 0 Å². The van der Waals surface area contributed by atoms with Gasteiger partial charge in [-0.05, 0) is 37.3 Å². The molecule has 0 aromatic heterocycles. The summed E-state index contributed by atoms with van der Waals surface area (Å²) in [6, 6.07) is 11.1. The normalized spacial score (nSPS) is 19.7. The topological polar surface area (TPSA) is 58.2 Å². The van der Waals surface area contributed by atoms with E-state index in [1.807, 2.05) is 18.2 Å². The number of fused-ring (bicyclic) bond motifs is 1. The van der Waals surface area contributed by atoms with Gasteiger partial charge in [-0.25, -0.2) is 4.39 Å². The Morgan fingerprint density at radius 1 is 1.30 bits per heavy atom. The summed E-state index contributed by atoms with van der Waals surface area (Å²) in [5, 5.41) is 5.24. The molecular formula is C16H12ClFN2O2S. The van der Waals surface area contributed by atoms with E-state index in [1.54, 1.807) is 13.0 Å². The van der Waals surface area contributed by atoms with E-state index in [4.69, 9.17) is 11.6 Å². The van der Waals surface area contributed by atoms with Gasteiger partial charge in [0.25, 0.3) is 0 Å². The summed E-state index contributed by atoms with van der Waals surface area (Å²) >= 11 is 6.87. The van der Waals surface area contributed by atoms with Crippen molar-refractivity contribution in [3.05, 3.63) is 53.3 Å². The van der Waals surface area contributed by atoms with Crippen LogP contribution >= 0.6 is 23.4 Å². The lowest BCUT2D eigenvalue weighted by Crippen LogP contribution is -2.49. The van der Waals surface area contributed by atoms with Crippen LogP contribution in [0, 0.1) is 5.82 Å². The summed E-state index contributed by atoms with van der Waals surface area (Å²) in [4.78, 5) is 25.7. The average molecular weight is 351 g/mol. The Morgan fingerprint density at radius 2 is 2.04 bits per heavy atom. The molecule has 1 atom stereocenters. The van der Waals surface area contributed by atoms with Gasteiger partial charge in [0.05, 0.1) is 10.7 Å². The van der Waals surface area contributed by atoms with Gasteiger partial charge in [0, 0.05) is 10.6 Å². The van der Waals surface area contributed by atoms with E-state index in [0.717, 1.165) is 11.0 Å². The Balaban J connectivity index is 1.86. The van der Waals surface area contributed by atoms with E-state index in [9.17, 15) is 14.0 Å². The van der Waals surface area contributed by atoms with Crippen molar-refractivity contribution in [3.8, 4) is 0 Å². The monoisotopic (exact) mass is 350 g/mol. The minimum atomic E-state index is -1.34. The predicted octanol–water partition coefficient (Wildman–Crippen LogP) is 3.92. The maximum absolute atomic E-state index is 13.2. The molecule has 0 aliphatic carbocycles. The fraction of sp³-hybridized carbons (Fsp3) is 0.125. The number of para-hydroxylation sites is 1. The van der Waals surface area contributed by atoms with Gasteiger partial charge in [-0.3, -0.25) is 9.59 Å². The van der Waals surface area contributed by atoms with Gasteiger partial charge in [0.15, 0.2) is 4.75 Å². The molecule has 0 fully saturated rings. The third-order valence-corrected chi connectivity index (χ3v) is 5.14. The molecule has 0 radical (unpaired) electrons. The lowest BCUT2D eigenvalue weighted by atomic mass is 10.1. The van der Waals surface area contributed by atoms with Gasteiger partial charge in [-0.1, -0.05) is 35.5 Å². The average Bonchev–Trinajstić information content (AvgIpc) is 2.52. The van der Waals surface area contributed by atoms with Crippen LogP contribution in [0.15, 0.2) is 47.4 Å². The molecule has 3 rings (SSSR count). The van der Waals surface area contributed by atoms with Crippen molar-refractivity contribution in [2.75, 3.05) is 10.6 Å². The molecule has 0 spiro atoms. The van der Waals surface area contributed by atoms with Gasteiger partial charge in [-0.15, -0.1) is 0 Å². The fourth-order valence-corrected chi connectivity index (χ4v) is 3.42. The fourth-order valence-electron chi connectivity index (χ4n) is 2.14. The number of nitrogens with one attached hydrogen (secondary N) is 2. The Labute approximate surface area is 141 Å². The number of hydrogen-bond donors (Lipinski definition) is 2. The van der Waals surface area contributed by atoms with Crippen LogP contribution in [0.3, 0.4) is 0 Å². The highest BCUT2D eigenvalue weighted by Gasteiger charge is 2.45. The highest BCUT2D eigenvalue weighted by molar-refractivity contribution is 8.02. The highest BCUT2D eigenvalue weighted by atomic mass is 35.5. The number of carbonyl (C=O) groups is 2. The molecule has 7 heteroatoms. The maximum atomic E-state index is 13.2. The number of benzene rings is 2. The van der Waals surface area contributed by atoms with Crippen LogP contribution in [0.2, 0.25) is 5.02 Å². The van der Waals surface area contributed by atoms with Crippen LogP contribution in [0.25, 0.3) is 0 Å². The first-order chi connectivity index (χ1) is 10.9. The van der Waals surface area contributed by atoms with Crippen molar-refractivity contribution in [2.45, 2.75) is 16.6 Å². The minimum Gasteiger partial charge on any atom is -0.324 e. The SMILES string of the molecule is CC1(C(=O)Nc2ccc(F)c(Cl)c2)Sc2ccccc2NC1=O. The molecule has 1 aliphatic rings. The Bertz CT molecular complexity index is 814. The summed E-state index contributed by atoms with van der Waals surface area (Å²) in [6.07, 6.45) is 0. The first kappa shape index (κ1) is 15.8. The van der Waals surface area contributed by atoms with Crippen LogP contribution in [0.4, 0.5) is 15.8 Å². The molecule has 23 heavy (non-hydrogen) atoms. The number of carbonyl (C=O) groups excluding carboxylic acids is 2. The second-order valence-electron chi connectivity index (χ2n) is 5.17. The lowest BCUT2D eigenvalue weighted by Gasteiger charge is -2.31. The summed E-state index contributed by atoms with van der Waals surface area (Å²) < 4.78 is 11.8. The van der Waals surface area contributed by atoms with Gasteiger partial charge in [-0.2, -0.15) is 0 Å². The summed E-state index contributed by atoms with van der Waals surface area (Å²) in [6.45, 7) is 1.55. The van der Waals surface area contributed by atoms with Crippen molar-refractivity contribution in [1.82, 2.24) is 0 Å². The molecule has 1 heterocycles. The molecule has 1 aliphatic heterocycles. The minimum absolute atomic E-state index is 0.0981. The van der Waals surface area contributed by atoms with Gasteiger partial charge < -0.3 is 10.6 Å². The number of anilines is 2. The molecule has 0 saturated carbocycles. The Morgan fingerprint density at radius 3 is 2.78 bits per heavy atom. The molecule has 0 bridgehead atoms. The molecule has 4 nitrogen and oxygen atoms in total. The molecule has 1 unspecified atom stereocenters. The van der Waals surface area contributed by atoms with Crippen LogP contribution in [0.1, 0.15) is 6.92 Å². The lowest BCUT2D eigenvalue weighted by molar-refractivity contribution is -0.126. The van der Waals surface area contributed by atoms with Crippen molar-refractivity contribution in [2.24, 2.45) is 0 Å². The Hall–Kier alpha value is -2.05. The van der Waals surface area contributed by atoms with Crippen LogP contribution in [-0.2, 0) is 9.59 Å². The zero-order chi connectivity index (χ0) is 16.6. The van der Waals surface area contributed by atoms with E-state index in [-0.39, 0.29) is 5.02 Å². The number of hydrogen-bond acceptors (Lipinski definition) is 3. The molecule has 2 aromatic carbocycles. The van der Waals surface area contributed by atoms with Gasteiger partial charge in [0.2, 0.25) is 11.8 Å². The largest absolute Gasteiger partial charge is 0.324 e. The standard InChI is InChI=1S/C16H12ClFN2O2S/c1-16(14(21)19-9-6-7-11(18)10(17)8-9)15(22)20-12-4-2-3-5-13(12)23-16/h2-8H,1H3,(H,19,21)(H,20,22). The first-order valence-electron chi connectivity index (χ1n) is 6.76. The zero-order valence-corrected chi connectivity index (χ0v) is 13.6. The number of halogens is 2. The maximum Gasteiger partial charge on any atom is 0.250 e. The first-order valence-corrected chi connectivity index (χ1v) is 7.95. The number of rotatable bonds is 2. The van der Waals surface area contributed by atoms with Crippen molar-refractivity contribution >= 4 is 46.6 Å². The summed E-state index contributed by atoms with van der Waals surface area (Å²) in [5.41, 5.74) is 1.01. The van der Waals surface area contributed by atoms with Crippen LogP contribution in [0.5, 0.6) is 0 Å². The van der Waals surface area contributed by atoms with Crippen molar-refractivity contribution < 1.29 is 14.0 Å². The van der Waals surface area contributed by atoms with Crippen LogP contribution < -0.4 is 10.6 Å². The van der Waals surface area contributed by atoms with E-state index in [1.165, 1.54) is 23.9 Å². The quantitative estimate of drug-likeness (QED) is 0.807.